The minimum Gasteiger partial charge on any atom is -0.360 e. The Labute approximate surface area is 49.2 Å². The molecule has 2 aliphatic heterocycles. The average Bonchev–Trinajstić information content (AvgIpc) is 2.00. The first-order chi connectivity index (χ1) is 3.66. The topological polar surface area (TPSA) is 24.6 Å². The average molecular weight is 113 g/mol. The minimum atomic E-state index is 0.188. The fourth-order valence-corrected chi connectivity index (χ4v) is 1.46. The van der Waals surface area contributed by atoms with Crippen LogP contribution >= 0.6 is 0 Å². The lowest BCUT2D eigenvalue weighted by Crippen LogP contribution is -2.18. The van der Waals surface area contributed by atoms with E-state index in [2.05, 4.69) is 19.2 Å². The number of ether oxygens (including phenoxy) is 1. The van der Waals surface area contributed by atoms with E-state index in [0.717, 1.165) is 13.1 Å². The van der Waals surface area contributed by atoms with Gasteiger partial charge in [-0.15, -0.1) is 0 Å². The van der Waals surface area contributed by atoms with Gasteiger partial charge in [0.05, 0.1) is 0 Å². The largest absolute Gasteiger partial charge is 0.360 e. The molecule has 0 radical (unpaired) electrons. The summed E-state index contributed by atoms with van der Waals surface area (Å²) in [5.41, 5.74) is 0.375. The predicted octanol–water partition coefficient (Wildman–Crippen LogP) is 0.137. The zero-order valence-electron chi connectivity index (χ0n) is 5.32. The highest BCUT2D eigenvalue weighted by Gasteiger charge is 2.66. The molecule has 0 amide bonds. The van der Waals surface area contributed by atoms with Gasteiger partial charge in [0, 0.05) is 13.1 Å². The fourth-order valence-electron chi connectivity index (χ4n) is 1.46. The Bertz CT molecular complexity index is 114. The van der Waals surface area contributed by atoms with Crippen LogP contribution < -0.4 is 5.32 Å². The van der Waals surface area contributed by atoms with Crippen LogP contribution in [0.5, 0.6) is 0 Å². The van der Waals surface area contributed by atoms with Crippen molar-refractivity contribution in [3.63, 3.8) is 0 Å². The van der Waals surface area contributed by atoms with Crippen LogP contribution in [0.2, 0.25) is 0 Å². The van der Waals surface area contributed by atoms with Crippen LogP contribution in [0.1, 0.15) is 13.8 Å². The zero-order valence-corrected chi connectivity index (χ0v) is 5.32. The van der Waals surface area contributed by atoms with Crippen molar-refractivity contribution in [2.24, 2.45) is 0 Å². The molecular formula is C6H11NO. The number of morpholine rings is 1. The lowest BCUT2D eigenvalue weighted by Gasteiger charge is -1.96. The molecule has 2 heterocycles. The number of fused-ring (bicyclic) bond motifs is 1. The van der Waals surface area contributed by atoms with E-state index >= 15 is 0 Å². The molecule has 2 nitrogen and oxygen atoms in total. The maximum absolute atomic E-state index is 5.47. The monoisotopic (exact) mass is 113 g/mol. The molecule has 2 rings (SSSR count). The summed E-state index contributed by atoms with van der Waals surface area (Å²) in [6.45, 7) is 6.38. The molecule has 2 aliphatic rings. The maximum atomic E-state index is 5.47. The van der Waals surface area contributed by atoms with Gasteiger partial charge in [-0.05, 0) is 13.8 Å². The molecule has 2 atom stereocenters. The van der Waals surface area contributed by atoms with Gasteiger partial charge in [0.25, 0.3) is 0 Å². The van der Waals surface area contributed by atoms with Crippen LogP contribution in [0, 0.1) is 0 Å². The second-order valence-corrected chi connectivity index (χ2v) is 3.17. The maximum Gasteiger partial charge on any atom is 0.109 e. The SMILES string of the molecule is CC12CNCC1(C)O2. The fraction of sp³-hybridized carbons (Fsp3) is 1.00. The van der Waals surface area contributed by atoms with E-state index in [0.29, 0.717) is 0 Å². The smallest absolute Gasteiger partial charge is 0.109 e. The molecule has 0 aromatic carbocycles. The molecule has 0 aromatic rings. The van der Waals surface area contributed by atoms with E-state index in [1.54, 1.807) is 0 Å². The molecule has 1 N–H and O–H groups in total. The first-order valence-electron chi connectivity index (χ1n) is 3.07. The van der Waals surface area contributed by atoms with Crippen LogP contribution in [0.15, 0.2) is 0 Å². The van der Waals surface area contributed by atoms with Gasteiger partial charge in [-0.3, -0.25) is 0 Å². The highest BCUT2D eigenvalue weighted by Crippen LogP contribution is 2.49. The Morgan fingerprint density at radius 1 is 1.25 bits per heavy atom. The van der Waals surface area contributed by atoms with Gasteiger partial charge in [-0.2, -0.15) is 0 Å². The third-order valence-electron chi connectivity index (χ3n) is 2.45. The number of rotatable bonds is 0. The van der Waals surface area contributed by atoms with Crippen molar-refractivity contribution >= 4 is 0 Å². The Kier molecular flexibility index (Phi) is 0.570. The Hall–Kier alpha value is -0.0800. The number of nitrogens with one attached hydrogen (secondary N) is 1. The van der Waals surface area contributed by atoms with Crippen molar-refractivity contribution in [2.45, 2.75) is 25.0 Å². The van der Waals surface area contributed by atoms with Crippen LogP contribution in [-0.4, -0.2) is 24.3 Å². The second-order valence-electron chi connectivity index (χ2n) is 3.17. The number of hydrogen-bond acceptors (Lipinski definition) is 2. The summed E-state index contributed by atoms with van der Waals surface area (Å²) < 4.78 is 5.47. The van der Waals surface area contributed by atoms with E-state index in [-0.39, 0.29) is 11.2 Å². The predicted molar refractivity (Wildman–Crippen MR) is 30.8 cm³/mol. The molecule has 0 aliphatic carbocycles. The summed E-state index contributed by atoms with van der Waals surface area (Å²) >= 11 is 0. The molecule has 8 heavy (non-hydrogen) atoms. The third-order valence-corrected chi connectivity index (χ3v) is 2.45. The van der Waals surface area contributed by atoms with Gasteiger partial charge in [-0.1, -0.05) is 0 Å². The number of epoxide rings is 1. The van der Waals surface area contributed by atoms with Crippen molar-refractivity contribution in [1.29, 1.82) is 0 Å². The van der Waals surface area contributed by atoms with Gasteiger partial charge >= 0.3 is 0 Å². The molecule has 0 spiro atoms. The standard InChI is InChI=1S/C6H11NO/c1-5-3-7-4-6(5,2)8-5/h7H,3-4H2,1-2H3. The van der Waals surface area contributed by atoms with E-state index < -0.39 is 0 Å². The van der Waals surface area contributed by atoms with E-state index in [9.17, 15) is 0 Å². The van der Waals surface area contributed by atoms with Gasteiger partial charge in [-0.25, -0.2) is 0 Å². The van der Waals surface area contributed by atoms with Crippen LogP contribution in [0.3, 0.4) is 0 Å². The lowest BCUT2D eigenvalue weighted by atomic mass is 10.0. The summed E-state index contributed by atoms with van der Waals surface area (Å²) in [4.78, 5) is 0. The van der Waals surface area contributed by atoms with Crippen LogP contribution in [0.4, 0.5) is 0 Å². The van der Waals surface area contributed by atoms with Crippen molar-refractivity contribution in [1.82, 2.24) is 5.32 Å². The van der Waals surface area contributed by atoms with Crippen molar-refractivity contribution in [3.8, 4) is 0 Å². The first-order valence-corrected chi connectivity index (χ1v) is 3.07. The van der Waals surface area contributed by atoms with Crippen molar-refractivity contribution in [2.75, 3.05) is 13.1 Å². The summed E-state index contributed by atoms with van der Waals surface area (Å²) in [5, 5.41) is 3.28. The summed E-state index contributed by atoms with van der Waals surface area (Å²) in [6.07, 6.45) is 0. The Morgan fingerprint density at radius 3 is 1.88 bits per heavy atom. The summed E-state index contributed by atoms with van der Waals surface area (Å²) in [6, 6.07) is 0. The van der Waals surface area contributed by atoms with Crippen LogP contribution in [0.25, 0.3) is 0 Å². The zero-order chi connectivity index (χ0) is 5.83. The molecule has 2 fully saturated rings. The Morgan fingerprint density at radius 2 is 1.75 bits per heavy atom. The highest BCUT2D eigenvalue weighted by molar-refractivity contribution is 5.17. The molecule has 46 valence electrons. The van der Waals surface area contributed by atoms with Crippen LogP contribution in [-0.2, 0) is 4.74 Å². The van der Waals surface area contributed by atoms with Crippen molar-refractivity contribution in [3.05, 3.63) is 0 Å². The second kappa shape index (κ2) is 0.957. The molecule has 0 aromatic heterocycles. The summed E-state index contributed by atoms with van der Waals surface area (Å²) in [7, 11) is 0. The van der Waals surface area contributed by atoms with E-state index in [4.69, 9.17) is 4.74 Å². The van der Waals surface area contributed by atoms with Gasteiger partial charge < -0.3 is 10.1 Å². The minimum absolute atomic E-state index is 0.188. The van der Waals surface area contributed by atoms with E-state index in [1.165, 1.54) is 0 Å². The molecular weight excluding hydrogens is 102 g/mol. The normalized spacial score (nSPS) is 60.8. The molecule has 0 saturated carbocycles. The quantitative estimate of drug-likeness (QED) is 0.452. The summed E-state index contributed by atoms with van der Waals surface area (Å²) in [5.74, 6) is 0. The molecule has 2 saturated heterocycles. The first kappa shape index (κ1) is 4.77. The van der Waals surface area contributed by atoms with Gasteiger partial charge in [0.2, 0.25) is 0 Å². The molecule has 2 unspecified atom stereocenters. The van der Waals surface area contributed by atoms with E-state index in [1.807, 2.05) is 0 Å². The number of hydrogen-bond donors (Lipinski definition) is 1. The Balaban J connectivity index is 2.26. The third kappa shape index (κ3) is 0.327. The molecule has 0 bridgehead atoms. The lowest BCUT2D eigenvalue weighted by molar-refractivity contribution is 0.242. The van der Waals surface area contributed by atoms with Gasteiger partial charge in [0.1, 0.15) is 11.2 Å². The molecule has 2 heteroatoms. The van der Waals surface area contributed by atoms with Crippen molar-refractivity contribution < 1.29 is 4.74 Å². The van der Waals surface area contributed by atoms with Gasteiger partial charge in [0.15, 0.2) is 0 Å². The highest BCUT2D eigenvalue weighted by atomic mass is 16.6.